The van der Waals surface area contributed by atoms with Crippen LogP contribution in [-0.4, -0.2) is 30.1 Å². The van der Waals surface area contributed by atoms with Crippen molar-refractivity contribution in [1.82, 2.24) is 0 Å². The molecule has 0 fully saturated rings. The van der Waals surface area contributed by atoms with E-state index < -0.39 is 8.80 Å². The second-order valence-corrected chi connectivity index (χ2v) is 11.5. The van der Waals surface area contributed by atoms with Gasteiger partial charge in [0, 0.05) is 26.9 Å². The molecule has 0 saturated carbocycles. The molecule has 0 aliphatic rings. The molecule has 0 spiro atoms. The van der Waals surface area contributed by atoms with Crippen molar-refractivity contribution < 1.29 is 13.3 Å². The summed E-state index contributed by atoms with van der Waals surface area (Å²) in [4.78, 5) is 0. The molecule has 0 N–H and O–H groups in total. The summed E-state index contributed by atoms with van der Waals surface area (Å²) in [5.41, 5.74) is 0.319. The van der Waals surface area contributed by atoms with Crippen LogP contribution < -0.4 is 0 Å². The summed E-state index contributed by atoms with van der Waals surface area (Å²) in [6, 6.07) is 0. The van der Waals surface area contributed by atoms with E-state index in [1.165, 1.54) is 103 Å². The lowest BCUT2D eigenvalue weighted by Crippen LogP contribution is -2.47. The average Bonchev–Trinajstić information content (AvgIpc) is 2.73. The van der Waals surface area contributed by atoms with Crippen molar-refractivity contribution in [2.75, 3.05) is 21.3 Å². The van der Waals surface area contributed by atoms with Crippen LogP contribution in [0.2, 0.25) is 5.54 Å². The fourth-order valence-electron chi connectivity index (χ4n) is 4.19. The van der Waals surface area contributed by atoms with Crippen LogP contribution in [0.25, 0.3) is 0 Å². The third-order valence-corrected chi connectivity index (χ3v) is 9.39. The van der Waals surface area contributed by atoms with Crippen molar-refractivity contribution in [3.63, 3.8) is 0 Å². The van der Waals surface area contributed by atoms with Crippen LogP contribution in [0.1, 0.15) is 122 Å². The number of hydrogen-bond donors (Lipinski definition) is 0. The van der Waals surface area contributed by atoms with E-state index >= 15 is 0 Å². The van der Waals surface area contributed by atoms with Crippen LogP contribution in [0.15, 0.2) is 0 Å². The Morgan fingerprint density at radius 2 is 0.893 bits per heavy atom. The van der Waals surface area contributed by atoms with Gasteiger partial charge in [-0.2, -0.15) is 0 Å². The Labute approximate surface area is 178 Å². The van der Waals surface area contributed by atoms with Gasteiger partial charge < -0.3 is 13.3 Å². The van der Waals surface area contributed by atoms with Gasteiger partial charge in [-0.1, -0.05) is 117 Å². The van der Waals surface area contributed by atoms with E-state index in [0.29, 0.717) is 5.54 Å². The maximum Gasteiger partial charge on any atom is 0.503 e. The van der Waals surface area contributed by atoms with Gasteiger partial charge in [-0.15, -0.1) is 0 Å². The van der Waals surface area contributed by atoms with Gasteiger partial charge in [0.1, 0.15) is 0 Å². The molecule has 4 heteroatoms. The molecule has 0 amide bonds. The van der Waals surface area contributed by atoms with Gasteiger partial charge in [0.25, 0.3) is 0 Å². The average molecular weight is 416 g/mol. The highest BCUT2D eigenvalue weighted by Crippen LogP contribution is 2.32. The molecule has 0 rings (SSSR count). The predicted molar refractivity (Wildman–Crippen MR) is 125 cm³/mol. The zero-order valence-corrected chi connectivity index (χ0v) is 20.7. The summed E-state index contributed by atoms with van der Waals surface area (Å²) in [5.74, 6) is 0. The molecule has 0 aromatic rings. The highest BCUT2D eigenvalue weighted by molar-refractivity contribution is 6.62. The summed E-state index contributed by atoms with van der Waals surface area (Å²) in [7, 11) is 2.59. The summed E-state index contributed by atoms with van der Waals surface area (Å²) >= 11 is 0. The largest absolute Gasteiger partial charge is 0.503 e. The first-order chi connectivity index (χ1) is 13.7. The minimum Gasteiger partial charge on any atom is -0.377 e. The maximum absolute atomic E-state index is 5.62. The van der Waals surface area contributed by atoms with Crippen LogP contribution in [-0.2, 0) is 13.3 Å². The molecule has 3 nitrogen and oxygen atoms in total. The molecule has 0 aromatic carbocycles. The molecule has 0 heterocycles. The zero-order valence-electron chi connectivity index (χ0n) is 19.7. The Bertz CT molecular complexity index is 300. The van der Waals surface area contributed by atoms with Gasteiger partial charge in [-0.05, 0) is 12.8 Å². The third-order valence-electron chi connectivity index (χ3n) is 6.11. The predicted octanol–water partition coefficient (Wildman–Crippen LogP) is 8.11. The second-order valence-electron chi connectivity index (χ2n) is 8.29. The fraction of sp³-hybridized carbons (Fsp3) is 0.958. The normalized spacial score (nSPS) is 13.2. The Kier molecular flexibility index (Phi) is 20.4. The van der Waals surface area contributed by atoms with E-state index in [9.17, 15) is 0 Å². The van der Waals surface area contributed by atoms with E-state index in [1.54, 1.807) is 21.3 Å². The van der Waals surface area contributed by atoms with Crippen molar-refractivity contribution >= 4 is 8.80 Å². The highest BCUT2D eigenvalue weighted by Gasteiger charge is 2.45. The fourth-order valence-corrected chi connectivity index (χ4v) is 6.60. The van der Waals surface area contributed by atoms with E-state index in [0.717, 1.165) is 12.8 Å². The van der Waals surface area contributed by atoms with Gasteiger partial charge in [0.2, 0.25) is 0 Å². The lowest BCUT2D eigenvalue weighted by Gasteiger charge is -2.31. The molecule has 0 bridgehead atoms. The monoisotopic (exact) mass is 415 g/mol. The van der Waals surface area contributed by atoms with Gasteiger partial charge >= 0.3 is 8.80 Å². The van der Waals surface area contributed by atoms with Crippen LogP contribution in [0, 0.1) is 6.92 Å². The highest BCUT2D eigenvalue weighted by atomic mass is 28.4. The number of rotatable bonds is 22. The third kappa shape index (κ3) is 13.3. The first kappa shape index (κ1) is 28.1. The van der Waals surface area contributed by atoms with Gasteiger partial charge in [0.15, 0.2) is 0 Å². The first-order valence-electron chi connectivity index (χ1n) is 12.1. The van der Waals surface area contributed by atoms with Crippen molar-refractivity contribution in [3.05, 3.63) is 6.92 Å². The topological polar surface area (TPSA) is 27.7 Å². The zero-order chi connectivity index (χ0) is 20.9. The molecule has 1 unspecified atom stereocenters. The molecule has 0 aliphatic carbocycles. The van der Waals surface area contributed by atoms with Crippen molar-refractivity contribution in [1.29, 1.82) is 0 Å². The SMILES string of the molecule is [CH2]CC(CCCCCCCCCCCCCCCCCC)[Si](OC)(OC)OC. The van der Waals surface area contributed by atoms with Crippen LogP contribution in [0.3, 0.4) is 0 Å². The Balaban J connectivity index is 3.45. The lowest BCUT2D eigenvalue weighted by molar-refractivity contribution is 0.109. The molecular formula is C24H51O3Si. The molecule has 169 valence electrons. The lowest BCUT2D eigenvalue weighted by atomic mass is 10.0. The summed E-state index contributed by atoms with van der Waals surface area (Å²) in [6.45, 7) is 6.37. The second kappa shape index (κ2) is 20.4. The Hall–Kier alpha value is 0.0969. The van der Waals surface area contributed by atoms with E-state index in [2.05, 4.69) is 13.8 Å². The van der Waals surface area contributed by atoms with E-state index in [-0.39, 0.29) is 0 Å². The van der Waals surface area contributed by atoms with Crippen LogP contribution >= 0.6 is 0 Å². The Morgan fingerprint density at radius 1 is 0.571 bits per heavy atom. The molecule has 0 aromatic heterocycles. The first-order valence-corrected chi connectivity index (χ1v) is 14.0. The number of hydrogen-bond acceptors (Lipinski definition) is 3. The molecular weight excluding hydrogens is 364 g/mol. The van der Waals surface area contributed by atoms with Crippen LogP contribution in [0.4, 0.5) is 0 Å². The van der Waals surface area contributed by atoms with Gasteiger partial charge in [-0.3, -0.25) is 0 Å². The maximum atomic E-state index is 5.62. The van der Waals surface area contributed by atoms with E-state index in [1.807, 2.05) is 0 Å². The minimum atomic E-state index is -2.52. The van der Waals surface area contributed by atoms with Gasteiger partial charge in [-0.25, -0.2) is 0 Å². The van der Waals surface area contributed by atoms with Gasteiger partial charge in [0.05, 0.1) is 0 Å². The van der Waals surface area contributed by atoms with Crippen molar-refractivity contribution in [3.8, 4) is 0 Å². The molecule has 0 saturated heterocycles. The number of unbranched alkanes of at least 4 members (excludes halogenated alkanes) is 15. The van der Waals surface area contributed by atoms with E-state index in [4.69, 9.17) is 13.3 Å². The Morgan fingerprint density at radius 3 is 1.18 bits per heavy atom. The summed E-state index contributed by atoms with van der Waals surface area (Å²) < 4.78 is 16.9. The molecule has 28 heavy (non-hydrogen) atoms. The molecule has 1 atom stereocenters. The summed E-state index contributed by atoms with van der Waals surface area (Å²) in [6.07, 6.45) is 24.4. The van der Waals surface area contributed by atoms with Crippen LogP contribution in [0.5, 0.6) is 0 Å². The standard InChI is InChI=1S/C24H51O3Si/c1-6-8-9-10-11-12-13-14-15-16-17-18-19-20-21-22-23-24(7-2)28(25-3,26-4)27-5/h24H,2,6-23H2,1,3-5H3. The molecule has 1 radical (unpaired) electrons. The molecule has 0 aliphatic heterocycles. The smallest absolute Gasteiger partial charge is 0.377 e. The van der Waals surface area contributed by atoms with Crippen molar-refractivity contribution in [2.24, 2.45) is 0 Å². The van der Waals surface area contributed by atoms with Crippen molar-refractivity contribution in [2.45, 2.75) is 128 Å². The minimum absolute atomic E-state index is 0.319. The quantitative estimate of drug-likeness (QED) is 0.132. The summed E-state index contributed by atoms with van der Waals surface area (Å²) in [5, 5.41) is 0.